The van der Waals surface area contributed by atoms with E-state index in [4.69, 9.17) is 0 Å². The second-order valence-corrected chi connectivity index (χ2v) is 6.71. The van der Waals surface area contributed by atoms with Gasteiger partial charge in [0.15, 0.2) is 0 Å². The van der Waals surface area contributed by atoms with Gasteiger partial charge in [-0.1, -0.05) is 26.7 Å². The third kappa shape index (κ3) is 1.96. The molecule has 0 aromatic carbocycles. The van der Waals surface area contributed by atoms with Crippen molar-refractivity contribution in [3.63, 3.8) is 0 Å². The summed E-state index contributed by atoms with van der Waals surface area (Å²) in [5, 5.41) is 3.36. The van der Waals surface area contributed by atoms with Crippen LogP contribution >= 0.6 is 0 Å². The third-order valence-electron chi connectivity index (χ3n) is 4.79. The van der Waals surface area contributed by atoms with Gasteiger partial charge in [0.1, 0.15) is 0 Å². The van der Waals surface area contributed by atoms with Gasteiger partial charge in [-0.2, -0.15) is 0 Å². The molecule has 3 fully saturated rings. The highest BCUT2D eigenvalue weighted by Crippen LogP contribution is 2.45. The van der Waals surface area contributed by atoms with E-state index in [0.717, 1.165) is 32.1 Å². The van der Waals surface area contributed by atoms with Crippen molar-refractivity contribution in [1.29, 1.82) is 0 Å². The molecular weight excluding hydrogens is 228 g/mol. The average Bonchev–Trinajstić information content (AvgIpc) is 2.71. The average molecular weight is 250 g/mol. The second kappa shape index (κ2) is 4.05. The number of rotatable bonds is 3. The maximum atomic E-state index is 12.3. The van der Waals surface area contributed by atoms with E-state index in [1.54, 1.807) is 4.90 Å². The van der Waals surface area contributed by atoms with Crippen LogP contribution in [0.2, 0.25) is 0 Å². The fraction of sp³-hybridized carbons (Fsp3) is 0.857. The summed E-state index contributed by atoms with van der Waals surface area (Å²) >= 11 is 0. The monoisotopic (exact) mass is 250 g/mol. The molecule has 2 atom stereocenters. The van der Waals surface area contributed by atoms with E-state index in [0.29, 0.717) is 17.9 Å². The van der Waals surface area contributed by atoms with E-state index in [1.807, 2.05) is 0 Å². The number of hydrogen-bond donors (Lipinski definition) is 1. The van der Waals surface area contributed by atoms with Gasteiger partial charge >= 0.3 is 0 Å². The maximum Gasteiger partial charge on any atom is 0.247 e. The summed E-state index contributed by atoms with van der Waals surface area (Å²) in [6, 6.07) is 0.330. The molecule has 4 heteroatoms. The van der Waals surface area contributed by atoms with E-state index >= 15 is 0 Å². The van der Waals surface area contributed by atoms with Crippen molar-refractivity contribution in [2.45, 2.75) is 70.5 Å². The van der Waals surface area contributed by atoms with Crippen LogP contribution in [-0.2, 0) is 9.59 Å². The van der Waals surface area contributed by atoms with E-state index < -0.39 is 0 Å². The van der Waals surface area contributed by atoms with Crippen LogP contribution in [-0.4, -0.2) is 34.8 Å². The van der Waals surface area contributed by atoms with Crippen LogP contribution in [0.25, 0.3) is 0 Å². The fourth-order valence-corrected chi connectivity index (χ4v) is 3.32. The molecule has 0 bridgehead atoms. The maximum absolute atomic E-state index is 12.3. The molecule has 0 spiro atoms. The van der Waals surface area contributed by atoms with Crippen molar-refractivity contribution in [1.82, 2.24) is 10.2 Å². The molecular formula is C14H22N2O2. The summed E-state index contributed by atoms with van der Waals surface area (Å²) in [6.45, 7) is 4.39. The summed E-state index contributed by atoms with van der Waals surface area (Å²) in [5.41, 5.74) is 0.296. The molecule has 100 valence electrons. The zero-order chi connectivity index (χ0) is 12.9. The lowest BCUT2D eigenvalue weighted by Gasteiger charge is -2.22. The summed E-state index contributed by atoms with van der Waals surface area (Å²) in [5.74, 6) is 0.0532. The zero-order valence-corrected chi connectivity index (χ0v) is 11.2. The molecule has 18 heavy (non-hydrogen) atoms. The Morgan fingerprint density at radius 2 is 1.83 bits per heavy atom. The first-order valence-corrected chi connectivity index (χ1v) is 7.11. The van der Waals surface area contributed by atoms with Crippen LogP contribution < -0.4 is 5.32 Å². The molecule has 1 heterocycles. The van der Waals surface area contributed by atoms with Gasteiger partial charge in [0.25, 0.3) is 0 Å². The summed E-state index contributed by atoms with van der Waals surface area (Å²) in [6.07, 6.45) is 5.76. The lowest BCUT2D eigenvalue weighted by atomic mass is 10.1. The van der Waals surface area contributed by atoms with E-state index in [-0.39, 0.29) is 23.9 Å². The summed E-state index contributed by atoms with van der Waals surface area (Å²) < 4.78 is 0. The van der Waals surface area contributed by atoms with Crippen molar-refractivity contribution < 1.29 is 9.59 Å². The number of nitrogens with zero attached hydrogens (tertiary/aromatic N) is 1. The Kier molecular flexibility index (Phi) is 2.73. The quantitative estimate of drug-likeness (QED) is 0.771. The van der Waals surface area contributed by atoms with Gasteiger partial charge in [-0.25, -0.2) is 0 Å². The van der Waals surface area contributed by atoms with Gasteiger partial charge in [0.05, 0.1) is 12.5 Å². The minimum atomic E-state index is -0.259. The Morgan fingerprint density at radius 1 is 1.22 bits per heavy atom. The minimum absolute atomic E-state index is 0.0228. The van der Waals surface area contributed by atoms with Gasteiger partial charge in [-0.05, 0) is 24.7 Å². The Bertz CT molecular complexity index is 385. The Morgan fingerprint density at radius 3 is 2.39 bits per heavy atom. The van der Waals surface area contributed by atoms with Crippen molar-refractivity contribution >= 4 is 11.8 Å². The summed E-state index contributed by atoms with van der Waals surface area (Å²) in [4.78, 5) is 25.9. The molecule has 2 saturated carbocycles. The lowest BCUT2D eigenvalue weighted by Crippen LogP contribution is -2.44. The first kappa shape index (κ1) is 12.2. The predicted molar refractivity (Wildman–Crippen MR) is 67.8 cm³/mol. The Labute approximate surface area is 108 Å². The number of imide groups is 1. The van der Waals surface area contributed by atoms with Crippen molar-refractivity contribution in [2.75, 3.05) is 0 Å². The number of amides is 2. The largest absolute Gasteiger partial charge is 0.302 e. The van der Waals surface area contributed by atoms with Crippen LogP contribution in [0, 0.1) is 5.41 Å². The number of nitrogens with one attached hydrogen (secondary N) is 1. The molecule has 1 N–H and O–H groups in total. The number of likely N-dealkylation sites (tertiary alicyclic amines) is 1. The molecule has 3 aliphatic rings. The van der Waals surface area contributed by atoms with E-state index in [9.17, 15) is 9.59 Å². The molecule has 0 aromatic rings. The number of carbonyl (C=O) groups excluding carboxylic acids is 2. The first-order valence-electron chi connectivity index (χ1n) is 7.11. The van der Waals surface area contributed by atoms with Gasteiger partial charge in [-0.15, -0.1) is 0 Å². The molecule has 0 aromatic heterocycles. The molecule has 1 aliphatic heterocycles. The highest BCUT2D eigenvalue weighted by Gasteiger charge is 2.50. The van der Waals surface area contributed by atoms with Gasteiger partial charge < -0.3 is 5.32 Å². The minimum Gasteiger partial charge on any atom is -0.302 e. The topological polar surface area (TPSA) is 49.4 Å². The van der Waals surface area contributed by atoms with Crippen LogP contribution in [0.3, 0.4) is 0 Å². The number of carbonyl (C=O) groups is 2. The molecule has 3 rings (SSSR count). The SMILES string of the molecule is CC1(C)CC1NC1CC(=O)N(C2CCCC2)C1=O. The molecule has 0 radical (unpaired) electrons. The van der Waals surface area contributed by atoms with Crippen LogP contribution in [0.5, 0.6) is 0 Å². The first-order chi connectivity index (χ1) is 8.49. The molecule has 2 aliphatic carbocycles. The highest BCUT2D eigenvalue weighted by molar-refractivity contribution is 6.05. The molecule has 2 unspecified atom stereocenters. The number of hydrogen-bond acceptors (Lipinski definition) is 3. The van der Waals surface area contributed by atoms with Gasteiger partial charge in [-0.3, -0.25) is 14.5 Å². The van der Waals surface area contributed by atoms with Gasteiger partial charge in [0, 0.05) is 12.1 Å². The van der Waals surface area contributed by atoms with Gasteiger partial charge in [0.2, 0.25) is 11.8 Å². The standard InChI is InChI=1S/C14H22N2O2/c1-14(2)8-11(14)15-10-7-12(17)16(13(10)18)9-5-3-4-6-9/h9-11,15H,3-8H2,1-2H3. The molecule has 1 saturated heterocycles. The van der Waals surface area contributed by atoms with Crippen LogP contribution in [0.15, 0.2) is 0 Å². The zero-order valence-electron chi connectivity index (χ0n) is 11.2. The van der Waals surface area contributed by atoms with E-state index in [2.05, 4.69) is 19.2 Å². The van der Waals surface area contributed by atoms with Crippen molar-refractivity contribution in [2.24, 2.45) is 5.41 Å². The van der Waals surface area contributed by atoms with E-state index in [1.165, 1.54) is 0 Å². The summed E-state index contributed by atoms with van der Waals surface area (Å²) in [7, 11) is 0. The Balaban J connectivity index is 1.65. The molecule has 2 amide bonds. The fourth-order valence-electron chi connectivity index (χ4n) is 3.32. The van der Waals surface area contributed by atoms with Crippen LogP contribution in [0.1, 0.15) is 52.4 Å². The lowest BCUT2D eigenvalue weighted by molar-refractivity contribution is -0.141. The predicted octanol–water partition coefficient (Wildman–Crippen LogP) is 1.44. The van der Waals surface area contributed by atoms with Crippen molar-refractivity contribution in [3.8, 4) is 0 Å². The highest BCUT2D eigenvalue weighted by atomic mass is 16.2. The Hall–Kier alpha value is -0.900. The third-order valence-corrected chi connectivity index (χ3v) is 4.79. The second-order valence-electron chi connectivity index (χ2n) is 6.71. The normalized spacial score (nSPS) is 35.6. The molecule has 4 nitrogen and oxygen atoms in total. The van der Waals surface area contributed by atoms with Crippen molar-refractivity contribution in [3.05, 3.63) is 0 Å². The van der Waals surface area contributed by atoms with Crippen LogP contribution in [0.4, 0.5) is 0 Å². The smallest absolute Gasteiger partial charge is 0.247 e.